The average Bonchev–Trinajstić information content (AvgIpc) is 2.39. The predicted molar refractivity (Wildman–Crippen MR) is 89.4 cm³/mol. The number of aldehydes is 1. The van der Waals surface area contributed by atoms with Gasteiger partial charge in [-0.25, -0.2) is 0 Å². The van der Waals surface area contributed by atoms with Crippen molar-refractivity contribution < 1.29 is 4.79 Å². The van der Waals surface area contributed by atoms with Gasteiger partial charge in [0.1, 0.15) is 14.5 Å². The van der Waals surface area contributed by atoms with Gasteiger partial charge in [0, 0.05) is 0 Å². The Morgan fingerprint density at radius 1 is 0.900 bits per heavy atom. The summed E-state index contributed by atoms with van der Waals surface area (Å²) in [6.07, 6.45) is 1.06. The van der Waals surface area contributed by atoms with Gasteiger partial charge in [0.2, 0.25) is 0 Å². The zero-order valence-electron chi connectivity index (χ0n) is 13.7. The molecule has 20 heavy (non-hydrogen) atoms. The minimum atomic E-state index is -1.78. The molecule has 112 valence electrons. The average molecular weight is 292 g/mol. The standard InChI is InChI=1S/C17H29NOSi/c1-13(2)20(14(3)4,15(5)6)18-17(12-19)16-10-8-7-9-11-16/h7-15,17-18H,1-6H3/t17-/m1/s1. The summed E-state index contributed by atoms with van der Waals surface area (Å²) >= 11 is 0. The third kappa shape index (κ3) is 3.39. The summed E-state index contributed by atoms with van der Waals surface area (Å²) in [5.41, 5.74) is 2.84. The van der Waals surface area contributed by atoms with E-state index in [2.05, 4.69) is 46.5 Å². The maximum absolute atomic E-state index is 11.6. The third-order valence-corrected chi connectivity index (χ3v) is 11.1. The summed E-state index contributed by atoms with van der Waals surface area (Å²) in [7, 11) is -1.78. The molecule has 1 aromatic rings. The Balaban J connectivity index is 3.14. The molecule has 0 bridgehead atoms. The molecule has 1 rings (SSSR count). The number of nitrogens with one attached hydrogen (secondary N) is 1. The van der Waals surface area contributed by atoms with Gasteiger partial charge in [0.15, 0.2) is 0 Å². The highest BCUT2D eigenvalue weighted by Gasteiger charge is 2.44. The van der Waals surface area contributed by atoms with Gasteiger partial charge < -0.3 is 9.78 Å². The molecule has 0 saturated carbocycles. The first kappa shape index (κ1) is 17.1. The van der Waals surface area contributed by atoms with Crippen LogP contribution in [0.3, 0.4) is 0 Å². The highest BCUT2D eigenvalue weighted by molar-refractivity contribution is 6.81. The van der Waals surface area contributed by atoms with E-state index in [4.69, 9.17) is 0 Å². The van der Waals surface area contributed by atoms with Crippen LogP contribution in [-0.2, 0) is 4.79 Å². The number of rotatable bonds is 7. The first-order valence-corrected chi connectivity index (χ1v) is 9.87. The number of hydrogen-bond donors (Lipinski definition) is 1. The molecule has 0 heterocycles. The van der Waals surface area contributed by atoms with E-state index in [1.165, 1.54) is 0 Å². The Morgan fingerprint density at radius 2 is 1.35 bits per heavy atom. The molecule has 0 unspecified atom stereocenters. The van der Waals surface area contributed by atoms with Crippen molar-refractivity contribution in [3.63, 3.8) is 0 Å². The van der Waals surface area contributed by atoms with Crippen LogP contribution in [0.5, 0.6) is 0 Å². The molecular weight excluding hydrogens is 262 g/mol. The molecule has 0 aromatic heterocycles. The summed E-state index contributed by atoms with van der Waals surface area (Å²) in [4.78, 5) is 15.4. The Hall–Kier alpha value is -0.933. The molecule has 0 amide bonds. The number of carbonyl (C=O) groups is 1. The van der Waals surface area contributed by atoms with Gasteiger partial charge in [-0.2, -0.15) is 0 Å². The van der Waals surface area contributed by atoms with Crippen molar-refractivity contribution in [1.82, 2.24) is 4.98 Å². The zero-order valence-corrected chi connectivity index (χ0v) is 14.7. The van der Waals surface area contributed by atoms with E-state index in [0.717, 1.165) is 11.8 Å². The maximum Gasteiger partial charge on any atom is 0.140 e. The highest BCUT2D eigenvalue weighted by atomic mass is 28.3. The van der Waals surface area contributed by atoms with Crippen LogP contribution in [0.15, 0.2) is 30.3 Å². The van der Waals surface area contributed by atoms with Crippen LogP contribution >= 0.6 is 0 Å². The van der Waals surface area contributed by atoms with Crippen LogP contribution in [0.25, 0.3) is 0 Å². The van der Waals surface area contributed by atoms with Crippen LogP contribution in [-0.4, -0.2) is 14.5 Å². The van der Waals surface area contributed by atoms with Crippen LogP contribution in [0.2, 0.25) is 16.6 Å². The van der Waals surface area contributed by atoms with Gasteiger partial charge >= 0.3 is 0 Å². The molecule has 0 spiro atoms. The predicted octanol–water partition coefficient (Wildman–Crippen LogP) is 4.69. The summed E-state index contributed by atoms with van der Waals surface area (Å²) < 4.78 is 0. The summed E-state index contributed by atoms with van der Waals surface area (Å²) in [6.45, 7) is 13.8. The van der Waals surface area contributed by atoms with Gasteiger partial charge in [-0.05, 0) is 22.2 Å². The molecule has 1 atom stereocenters. The zero-order chi connectivity index (χ0) is 15.3. The molecule has 0 aliphatic rings. The monoisotopic (exact) mass is 291 g/mol. The van der Waals surface area contributed by atoms with E-state index in [9.17, 15) is 4.79 Å². The molecule has 0 aliphatic heterocycles. The topological polar surface area (TPSA) is 29.1 Å². The molecule has 1 N–H and O–H groups in total. The number of benzene rings is 1. The Bertz CT molecular complexity index is 392. The van der Waals surface area contributed by atoms with Gasteiger partial charge in [0.05, 0.1) is 6.04 Å². The highest BCUT2D eigenvalue weighted by Crippen LogP contribution is 2.40. The molecule has 0 radical (unpaired) electrons. The summed E-state index contributed by atoms with van der Waals surface area (Å²) in [5.74, 6) is 0. The normalized spacial score (nSPS) is 14.1. The van der Waals surface area contributed by atoms with Crippen molar-refractivity contribution in [2.24, 2.45) is 0 Å². The van der Waals surface area contributed by atoms with Crippen LogP contribution < -0.4 is 4.98 Å². The molecule has 0 aliphatic carbocycles. The molecular formula is C17H29NOSi. The second-order valence-electron chi connectivity index (χ2n) is 6.57. The quantitative estimate of drug-likeness (QED) is 0.583. The van der Waals surface area contributed by atoms with Crippen LogP contribution in [0, 0.1) is 0 Å². The van der Waals surface area contributed by atoms with Crippen molar-refractivity contribution in [2.75, 3.05) is 0 Å². The summed E-state index contributed by atoms with van der Waals surface area (Å²) in [5, 5.41) is 0. The fraction of sp³-hybridized carbons (Fsp3) is 0.588. The minimum Gasteiger partial charge on any atom is -0.324 e. The second-order valence-corrected chi connectivity index (χ2v) is 12.2. The minimum absolute atomic E-state index is 0.185. The van der Waals surface area contributed by atoms with E-state index in [-0.39, 0.29) is 6.04 Å². The van der Waals surface area contributed by atoms with Gasteiger partial charge in [-0.15, -0.1) is 0 Å². The largest absolute Gasteiger partial charge is 0.324 e. The van der Waals surface area contributed by atoms with Crippen molar-refractivity contribution >= 4 is 14.5 Å². The fourth-order valence-corrected chi connectivity index (χ4v) is 9.40. The smallest absolute Gasteiger partial charge is 0.140 e. The molecule has 0 saturated heterocycles. The van der Waals surface area contributed by atoms with Crippen LogP contribution in [0.4, 0.5) is 0 Å². The lowest BCUT2D eigenvalue weighted by atomic mass is 10.1. The molecule has 1 aromatic carbocycles. The third-order valence-electron chi connectivity index (χ3n) is 4.57. The van der Waals surface area contributed by atoms with E-state index >= 15 is 0 Å². The number of carbonyl (C=O) groups excluding carboxylic acids is 1. The summed E-state index contributed by atoms with van der Waals surface area (Å²) in [6, 6.07) is 9.87. The maximum atomic E-state index is 11.6. The Kier molecular flexibility index (Phi) is 6.15. The Labute approximate surface area is 125 Å². The van der Waals surface area contributed by atoms with E-state index in [1.807, 2.05) is 30.3 Å². The van der Waals surface area contributed by atoms with Crippen molar-refractivity contribution in [1.29, 1.82) is 0 Å². The van der Waals surface area contributed by atoms with Crippen molar-refractivity contribution in [3.8, 4) is 0 Å². The molecule has 0 fully saturated rings. The van der Waals surface area contributed by atoms with E-state index in [1.54, 1.807) is 0 Å². The van der Waals surface area contributed by atoms with Gasteiger partial charge in [-0.3, -0.25) is 0 Å². The first-order valence-electron chi connectivity index (χ1n) is 7.64. The van der Waals surface area contributed by atoms with E-state index < -0.39 is 8.24 Å². The van der Waals surface area contributed by atoms with Crippen molar-refractivity contribution in [2.45, 2.75) is 64.2 Å². The number of hydrogen-bond acceptors (Lipinski definition) is 2. The Morgan fingerprint density at radius 3 is 1.70 bits per heavy atom. The SMILES string of the molecule is CC(C)[Si](N[C@H](C=O)c1ccccc1)(C(C)C)C(C)C. The van der Waals surface area contributed by atoms with Gasteiger partial charge in [-0.1, -0.05) is 71.9 Å². The van der Waals surface area contributed by atoms with Crippen LogP contribution in [0.1, 0.15) is 53.1 Å². The lowest BCUT2D eigenvalue weighted by molar-refractivity contribution is -0.109. The van der Waals surface area contributed by atoms with Crippen molar-refractivity contribution in [3.05, 3.63) is 35.9 Å². The van der Waals surface area contributed by atoms with Gasteiger partial charge in [0.25, 0.3) is 0 Å². The fourth-order valence-electron chi connectivity index (χ4n) is 3.63. The first-order chi connectivity index (χ1) is 9.36. The lowest BCUT2D eigenvalue weighted by Crippen LogP contribution is -2.59. The second kappa shape index (κ2) is 7.18. The molecule has 3 heteroatoms. The lowest BCUT2D eigenvalue weighted by Gasteiger charge is -2.45. The molecule has 2 nitrogen and oxygen atoms in total. The van der Waals surface area contributed by atoms with E-state index in [0.29, 0.717) is 16.6 Å².